The van der Waals surface area contributed by atoms with Crippen LogP contribution in [0, 0.1) is 19.8 Å². The number of hydrogen-bond acceptors (Lipinski definition) is 4. The molecule has 7 heteroatoms. The van der Waals surface area contributed by atoms with E-state index in [-0.39, 0.29) is 17.4 Å². The van der Waals surface area contributed by atoms with Crippen LogP contribution in [0.3, 0.4) is 0 Å². The van der Waals surface area contributed by atoms with E-state index in [9.17, 15) is 14.7 Å². The summed E-state index contributed by atoms with van der Waals surface area (Å²) in [6, 6.07) is 0. The first-order valence-corrected chi connectivity index (χ1v) is 8.72. The lowest BCUT2D eigenvalue weighted by Crippen LogP contribution is -2.29. The Bertz CT molecular complexity index is 820. The largest absolute Gasteiger partial charge is 0.393 e. The molecule has 0 fully saturated rings. The summed E-state index contributed by atoms with van der Waals surface area (Å²) >= 11 is 0. The first kappa shape index (κ1) is 19.2. The quantitative estimate of drug-likeness (QED) is 0.703. The van der Waals surface area contributed by atoms with Crippen LogP contribution in [0.5, 0.6) is 0 Å². The molecular formula is C18H28N4O3. The number of pyridine rings is 1. The molecule has 3 N–H and O–H groups in total. The third-order valence-corrected chi connectivity index (χ3v) is 4.71. The zero-order valence-electron chi connectivity index (χ0n) is 15.6. The third-order valence-electron chi connectivity index (χ3n) is 4.71. The molecule has 1 atom stereocenters. The molecule has 2 heterocycles. The molecule has 0 bridgehead atoms. The number of nitrogens with one attached hydrogen (secondary N) is 2. The number of carbonyl (C=O) groups is 1. The monoisotopic (exact) mass is 348 g/mol. The fourth-order valence-corrected chi connectivity index (χ4v) is 3.04. The van der Waals surface area contributed by atoms with E-state index in [4.69, 9.17) is 0 Å². The van der Waals surface area contributed by atoms with Crippen LogP contribution in [0.25, 0.3) is 11.0 Å². The highest BCUT2D eigenvalue weighted by molar-refractivity contribution is 5.81. The Labute approximate surface area is 147 Å². The van der Waals surface area contributed by atoms with Crippen LogP contribution in [-0.2, 0) is 18.3 Å². The number of aromatic nitrogens is 3. The van der Waals surface area contributed by atoms with Crippen molar-refractivity contribution in [2.24, 2.45) is 13.0 Å². The molecule has 0 aromatic carbocycles. The van der Waals surface area contributed by atoms with Crippen LogP contribution in [0.4, 0.5) is 0 Å². The van der Waals surface area contributed by atoms with Gasteiger partial charge in [-0.25, -0.2) is 4.98 Å². The first-order valence-electron chi connectivity index (χ1n) is 8.72. The molecule has 0 radical (unpaired) electrons. The number of nitrogens with zero attached hydrogens (tertiary/aromatic N) is 2. The highest BCUT2D eigenvalue weighted by Gasteiger charge is 2.16. The summed E-state index contributed by atoms with van der Waals surface area (Å²) < 4.78 is 1.62. The molecule has 0 aliphatic carbocycles. The number of aromatic amines is 1. The number of amides is 1. The SMILES string of the molecule is Cc1nc2c(c(C)c1CCC(=O)NCCC(O)C(C)C)c(=O)[nH]n2C. The Hall–Kier alpha value is -2.15. The van der Waals surface area contributed by atoms with Gasteiger partial charge in [-0.1, -0.05) is 13.8 Å². The standard InChI is InChI=1S/C18H28N4O3/c1-10(2)14(23)8-9-19-15(24)7-6-13-11(3)16-17(20-12(13)4)22(5)21-18(16)25/h10,14,23H,6-9H2,1-5H3,(H,19,24)(H,21,25). The molecular weight excluding hydrogens is 320 g/mol. The number of hydrogen-bond donors (Lipinski definition) is 3. The van der Waals surface area contributed by atoms with Crippen molar-refractivity contribution < 1.29 is 9.90 Å². The van der Waals surface area contributed by atoms with E-state index in [0.717, 1.165) is 16.8 Å². The Morgan fingerprint density at radius 2 is 2.04 bits per heavy atom. The van der Waals surface area contributed by atoms with E-state index in [2.05, 4.69) is 15.4 Å². The molecule has 25 heavy (non-hydrogen) atoms. The van der Waals surface area contributed by atoms with Crippen molar-refractivity contribution in [3.8, 4) is 0 Å². The Kier molecular flexibility index (Phi) is 6.00. The van der Waals surface area contributed by atoms with Crippen LogP contribution in [0.2, 0.25) is 0 Å². The molecule has 1 unspecified atom stereocenters. The first-order chi connectivity index (χ1) is 11.7. The molecule has 138 valence electrons. The predicted octanol–water partition coefficient (Wildman–Crippen LogP) is 1.33. The Balaban J connectivity index is 2.02. The number of rotatable bonds is 7. The van der Waals surface area contributed by atoms with Crippen LogP contribution in [-0.4, -0.2) is 38.4 Å². The van der Waals surface area contributed by atoms with Gasteiger partial charge in [0.05, 0.1) is 11.5 Å². The summed E-state index contributed by atoms with van der Waals surface area (Å²) in [5, 5.41) is 15.9. The minimum Gasteiger partial charge on any atom is -0.393 e. The van der Waals surface area contributed by atoms with Gasteiger partial charge in [0.15, 0.2) is 5.65 Å². The molecule has 7 nitrogen and oxygen atoms in total. The van der Waals surface area contributed by atoms with E-state index in [1.54, 1.807) is 11.7 Å². The van der Waals surface area contributed by atoms with E-state index in [1.165, 1.54) is 0 Å². The molecule has 0 aliphatic rings. The molecule has 0 saturated heterocycles. The summed E-state index contributed by atoms with van der Waals surface area (Å²) in [7, 11) is 1.76. The zero-order valence-corrected chi connectivity index (χ0v) is 15.6. The fourth-order valence-electron chi connectivity index (χ4n) is 3.04. The second-order valence-electron chi connectivity index (χ2n) is 6.95. The van der Waals surface area contributed by atoms with Crippen molar-refractivity contribution >= 4 is 16.9 Å². The van der Waals surface area contributed by atoms with E-state index < -0.39 is 6.10 Å². The van der Waals surface area contributed by atoms with Crippen LogP contribution >= 0.6 is 0 Å². The van der Waals surface area contributed by atoms with Gasteiger partial charge in [-0.05, 0) is 43.7 Å². The van der Waals surface area contributed by atoms with Gasteiger partial charge < -0.3 is 10.4 Å². The normalized spacial score (nSPS) is 12.8. The van der Waals surface area contributed by atoms with E-state index in [1.807, 2.05) is 27.7 Å². The lowest BCUT2D eigenvalue weighted by atomic mass is 10.00. The van der Waals surface area contributed by atoms with Crippen molar-refractivity contribution in [3.63, 3.8) is 0 Å². The predicted molar refractivity (Wildman–Crippen MR) is 97.6 cm³/mol. The highest BCUT2D eigenvalue weighted by Crippen LogP contribution is 2.21. The molecule has 2 aromatic heterocycles. The van der Waals surface area contributed by atoms with Gasteiger partial charge in [0.1, 0.15) is 0 Å². The van der Waals surface area contributed by atoms with Crippen LogP contribution < -0.4 is 10.9 Å². The number of carbonyl (C=O) groups excluding carboxylic acids is 1. The summed E-state index contributed by atoms with van der Waals surface area (Å²) in [4.78, 5) is 28.6. The Morgan fingerprint density at radius 1 is 1.36 bits per heavy atom. The van der Waals surface area contributed by atoms with Gasteiger partial charge in [0.2, 0.25) is 5.91 Å². The molecule has 0 aliphatic heterocycles. The van der Waals surface area contributed by atoms with Gasteiger partial charge in [-0.15, -0.1) is 0 Å². The van der Waals surface area contributed by atoms with Crippen molar-refractivity contribution in [2.75, 3.05) is 6.54 Å². The van der Waals surface area contributed by atoms with E-state index in [0.29, 0.717) is 36.8 Å². The maximum Gasteiger partial charge on any atom is 0.273 e. The number of H-pyrrole nitrogens is 1. The maximum atomic E-state index is 12.1. The number of aliphatic hydroxyl groups excluding tert-OH is 1. The summed E-state index contributed by atoms with van der Waals surface area (Å²) in [6.45, 7) is 8.17. The van der Waals surface area contributed by atoms with Crippen molar-refractivity contribution in [1.29, 1.82) is 0 Å². The second kappa shape index (κ2) is 7.82. The molecule has 2 rings (SSSR count). The average molecular weight is 348 g/mol. The maximum absolute atomic E-state index is 12.1. The lowest BCUT2D eigenvalue weighted by Gasteiger charge is -2.14. The average Bonchev–Trinajstić information content (AvgIpc) is 2.81. The van der Waals surface area contributed by atoms with Crippen LogP contribution in [0.15, 0.2) is 4.79 Å². The van der Waals surface area contributed by atoms with Gasteiger partial charge in [-0.2, -0.15) is 0 Å². The fraction of sp³-hybridized carbons (Fsp3) is 0.611. The second-order valence-corrected chi connectivity index (χ2v) is 6.95. The highest BCUT2D eigenvalue weighted by atomic mass is 16.3. The summed E-state index contributed by atoms with van der Waals surface area (Å²) in [5.74, 6) is 0.126. The minimum atomic E-state index is -0.402. The smallest absolute Gasteiger partial charge is 0.273 e. The molecule has 1 amide bonds. The molecule has 2 aromatic rings. The number of aryl methyl sites for hydroxylation is 3. The topological polar surface area (TPSA) is 100 Å². The molecule has 0 saturated carbocycles. The lowest BCUT2D eigenvalue weighted by molar-refractivity contribution is -0.121. The van der Waals surface area contributed by atoms with Crippen molar-refractivity contribution in [1.82, 2.24) is 20.1 Å². The van der Waals surface area contributed by atoms with Gasteiger partial charge in [-0.3, -0.25) is 19.4 Å². The van der Waals surface area contributed by atoms with Crippen LogP contribution in [0.1, 0.15) is 43.5 Å². The van der Waals surface area contributed by atoms with Crippen molar-refractivity contribution in [3.05, 3.63) is 27.2 Å². The Morgan fingerprint density at radius 3 is 2.68 bits per heavy atom. The van der Waals surface area contributed by atoms with Gasteiger partial charge >= 0.3 is 0 Å². The van der Waals surface area contributed by atoms with Gasteiger partial charge in [0, 0.05) is 25.7 Å². The zero-order chi connectivity index (χ0) is 18.7. The number of aliphatic hydroxyl groups is 1. The third kappa shape index (κ3) is 4.28. The summed E-state index contributed by atoms with van der Waals surface area (Å²) in [6.07, 6.45) is 1.01. The minimum absolute atomic E-state index is 0.0585. The van der Waals surface area contributed by atoms with Gasteiger partial charge in [0.25, 0.3) is 5.56 Å². The molecule has 0 spiro atoms. The summed E-state index contributed by atoms with van der Waals surface area (Å²) in [5.41, 5.74) is 3.14. The van der Waals surface area contributed by atoms with Crippen molar-refractivity contribution in [2.45, 2.75) is 53.1 Å². The number of fused-ring (bicyclic) bond motifs is 1. The van der Waals surface area contributed by atoms with E-state index >= 15 is 0 Å².